The molecule has 0 aliphatic carbocycles. The zero-order valence-corrected chi connectivity index (χ0v) is 16.0. The predicted octanol–water partition coefficient (Wildman–Crippen LogP) is 3.98. The fourth-order valence-corrected chi connectivity index (χ4v) is 3.47. The van der Waals surface area contributed by atoms with Gasteiger partial charge in [-0.15, -0.1) is 11.3 Å². The van der Waals surface area contributed by atoms with Crippen LogP contribution >= 0.6 is 23.6 Å². The van der Waals surface area contributed by atoms with Gasteiger partial charge in [-0.2, -0.15) is 14.9 Å². The van der Waals surface area contributed by atoms with Crippen molar-refractivity contribution in [1.82, 2.24) is 24.4 Å². The number of aryl methyl sites for hydroxylation is 1. The van der Waals surface area contributed by atoms with Crippen LogP contribution < -0.4 is 0 Å². The average molecular weight is 361 g/mol. The normalized spacial score (nSPS) is 12.4. The largest absolute Gasteiger partial charge is 0.294 e. The van der Waals surface area contributed by atoms with E-state index >= 15 is 0 Å². The first-order valence-corrected chi connectivity index (χ1v) is 8.89. The highest BCUT2D eigenvalue weighted by Gasteiger charge is 2.21. The fourth-order valence-electron chi connectivity index (χ4n) is 2.54. The van der Waals surface area contributed by atoms with Crippen LogP contribution in [0.4, 0.5) is 0 Å². The molecule has 6 nitrogen and oxygen atoms in total. The minimum atomic E-state index is -0.150. The number of H-pyrrole nitrogens is 1. The lowest BCUT2D eigenvalue weighted by atomic mass is 9.96. The molecule has 3 heterocycles. The molecule has 1 N–H and O–H groups in total. The maximum Gasteiger partial charge on any atom is 0.216 e. The summed E-state index contributed by atoms with van der Waals surface area (Å²) in [6.45, 7) is 10.4. The van der Waals surface area contributed by atoms with Crippen molar-refractivity contribution in [2.75, 3.05) is 0 Å². The van der Waals surface area contributed by atoms with Gasteiger partial charge >= 0.3 is 0 Å². The summed E-state index contributed by atoms with van der Waals surface area (Å²) in [5.74, 6) is 0.803. The second-order valence-corrected chi connectivity index (χ2v) is 7.90. The van der Waals surface area contributed by atoms with Crippen molar-refractivity contribution in [1.29, 1.82) is 0 Å². The summed E-state index contributed by atoms with van der Waals surface area (Å²) in [5, 5.41) is 14.6. The van der Waals surface area contributed by atoms with Gasteiger partial charge in [-0.05, 0) is 32.1 Å². The molecule has 3 aromatic heterocycles. The second kappa shape index (κ2) is 6.10. The lowest BCUT2D eigenvalue weighted by Gasteiger charge is -2.15. The first kappa shape index (κ1) is 16.8. The van der Waals surface area contributed by atoms with E-state index in [2.05, 4.69) is 65.5 Å². The average Bonchev–Trinajstić information content (AvgIpc) is 3.17. The van der Waals surface area contributed by atoms with Crippen molar-refractivity contribution in [3.63, 3.8) is 0 Å². The van der Waals surface area contributed by atoms with Crippen LogP contribution in [0.5, 0.6) is 0 Å². The molecule has 24 heavy (non-hydrogen) atoms. The molecule has 0 unspecified atom stereocenters. The molecule has 0 spiro atoms. The molecule has 126 valence electrons. The zero-order chi connectivity index (χ0) is 17.5. The molecular weight excluding hydrogens is 340 g/mol. The van der Waals surface area contributed by atoms with Crippen molar-refractivity contribution in [2.24, 2.45) is 5.10 Å². The molecule has 0 atom stereocenters. The first-order chi connectivity index (χ1) is 11.3. The Bertz CT molecular complexity index is 935. The standard InChI is InChI=1S/C16H20N6S2/c1-10-8-12(11(2)21(10)15-17-6-7-24-15)9-18-22-13(16(3,4)5)19-20-14(22)23/h6-9H,1-5H3,(H,20,23)/b18-9-. The van der Waals surface area contributed by atoms with Crippen molar-refractivity contribution in [3.05, 3.63) is 45.2 Å². The van der Waals surface area contributed by atoms with Crippen LogP contribution in [-0.4, -0.2) is 30.6 Å². The quantitative estimate of drug-likeness (QED) is 0.567. The van der Waals surface area contributed by atoms with Gasteiger partial charge in [-0.1, -0.05) is 20.8 Å². The molecule has 3 aromatic rings. The third kappa shape index (κ3) is 2.99. The third-order valence-corrected chi connectivity index (χ3v) is 4.74. The van der Waals surface area contributed by atoms with E-state index in [0.29, 0.717) is 4.77 Å². The van der Waals surface area contributed by atoms with Crippen molar-refractivity contribution < 1.29 is 0 Å². The van der Waals surface area contributed by atoms with E-state index in [0.717, 1.165) is 27.9 Å². The second-order valence-electron chi connectivity index (χ2n) is 6.64. The van der Waals surface area contributed by atoms with E-state index in [4.69, 9.17) is 12.2 Å². The summed E-state index contributed by atoms with van der Waals surface area (Å²) in [7, 11) is 0. The van der Waals surface area contributed by atoms with Gasteiger partial charge in [-0.25, -0.2) is 4.98 Å². The molecule has 0 aromatic carbocycles. The Labute approximate surface area is 149 Å². The summed E-state index contributed by atoms with van der Waals surface area (Å²) >= 11 is 6.92. The molecule has 0 aliphatic heterocycles. The Balaban J connectivity index is 2.02. The lowest BCUT2D eigenvalue weighted by molar-refractivity contribution is 0.516. The Hall–Kier alpha value is -2.06. The number of rotatable bonds is 3. The molecule has 0 amide bonds. The SMILES string of the molecule is Cc1cc(/C=N\n2c(C(C)(C)C)n[nH]c2=S)c(C)n1-c1nccs1. The van der Waals surface area contributed by atoms with Crippen LogP contribution in [0.3, 0.4) is 0 Å². The molecule has 0 fully saturated rings. The van der Waals surface area contributed by atoms with Gasteiger partial charge in [0, 0.05) is 33.9 Å². The van der Waals surface area contributed by atoms with Crippen LogP contribution in [0.1, 0.15) is 43.5 Å². The van der Waals surface area contributed by atoms with E-state index in [9.17, 15) is 0 Å². The van der Waals surface area contributed by atoms with Gasteiger partial charge in [-0.3, -0.25) is 9.67 Å². The van der Waals surface area contributed by atoms with Crippen molar-refractivity contribution in [2.45, 2.75) is 40.0 Å². The topological polar surface area (TPSA) is 63.8 Å². The molecule has 0 saturated carbocycles. The minimum absolute atomic E-state index is 0.150. The van der Waals surface area contributed by atoms with Crippen molar-refractivity contribution >= 4 is 29.8 Å². The van der Waals surface area contributed by atoms with Gasteiger partial charge < -0.3 is 0 Å². The van der Waals surface area contributed by atoms with Crippen LogP contribution in [0.25, 0.3) is 5.13 Å². The van der Waals surface area contributed by atoms with Gasteiger partial charge in [0.05, 0.1) is 6.21 Å². The van der Waals surface area contributed by atoms with Gasteiger partial charge in [0.1, 0.15) is 0 Å². The molecule has 0 saturated heterocycles. The third-order valence-electron chi connectivity index (χ3n) is 3.71. The number of hydrogen-bond acceptors (Lipinski definition) is 5. The Morgan fingerprint density at radius 1 is 1.33 bits per heavy atom. The van der Waals surface area contributed by atoms with Gasteiger partial charge in [0.15, 0.2) is 11.0 Å². The number of aromatic amines is 1. The lowest BCUT2D eigenvalue weighted by Crippen LogP contribution is -2.17. The van der Waals surface area contributed by atoms with Crippen LogP contribution in [-0.2, 0) is 5.41 Å². The molecular formula is C16H20N6S2. The molecule has 3 rings (SSSR count). The Morgan fingerprint density at radius 2 is 2.08 bits per heavy atom. The van der Waals surface area contributed by atoms with E-state index < -0.39 is 0 Å². The highest BCUT2D eigenvalue weighted by Crippen LogP contribution is 2.22. The summed E-state index contributed by atoms with van der Waals surface area (Å²) in [5.41, 5.74) is 3.10. The molecule has 0 aliphatic rings. The van der Waals surface area contributed by atoms with E-state index in [1.165, 1.54) is 0 Å². The van der Waals surface area contributed by atoms with Crippen LogP contribution in [0.15, 0.2) is 22.7 Å². The number of nitrogens with zero attached hydrogens (tertiary/aromatic N) is 5. The maximum absolute atomic E-state index is 5.30. The highest BCUT2D eigenvalue weighted by atomic mass is 32.1. The maximum atomic E-state index is 5.30. The summed E-state index contributed by atoms with van der Waals surface area (Å²) < 4.78 is 4.31. The monoisotopic (exact) mass is 360 g/mol. The molecule has 8 heteroatoms. The molecule has 0 bridgehead atoms. The van der Waals surface area contributed by atoms with E-state index in [1.54, 1.807) is 16.0 Å². The predicted molar refractivity (Wildman–Crippen MR) is 100 cm³/mol. The highest BCUT2D eigenvalue weighted by molar-refractivity contribution is 7.71. The number of hydrogen-bond donors (Lipinski definition) is 1. The van der Waals surface area contributed by atoms with E-state index in [1.807, 2.05) is 17.8 Å². The first-order valence-electron chi connectivity index (χ1n) is 7.60. The van der Waals surface area contributed by atoms with Gasteiger partial charge in [0.25, 0.3) is 0 Å². The van der Waals surface area contributed by atoms with Gasteiger partial charge in [0.2, 0.25) is 4.77 Å². The van der Waals surface area contributed by atoms with Crippen molar-refractivity contribution in [3.8, 4) is 5.13 Å². The molecule has 0 radical (unpaired) electrons. The number of aromatic nitrogens is 5. The Morgan fingerprint density at radius 3 is 2.71 bits per heavy atom. The minimum Gasteiger partial charge on any atom is -0.294 e. The van der Waals surface area contributed by atoms with Crippen LogP contribution in [0.2, 0.25) is 0 Å². The zero-order valence-electron chi connectivity index (χ0n) is 14.4. The summed E-state index contributed by atoms with van der Waals surface area (Å²) in [4.78, 5) is 4.39. The smallest absolute Gasteiger partial charge is 0.216 e. The number of thiazole rings is 1. The fraction of sp³-hybridized carbons (Fsp3) is 0.375. The number of nitrogens with one attached hydrogen (secondary N) is 1. The van der Waals surface area contributed by atoms with E-state index in [-0.39, 0.29) is 5.41 Å². The Kier molecular flexibility index (Phi) is 4.27. The van der Waals surface area contributed by atoms with Crippen LogP contribution in [0, 0.1) is 18.6 Å². The summed E-state index contributed by atoms with van der Waals surface area (Å²) in [6.07, 6.45) is 3.64. The summed E-state index contributed by atoms with van der Waals surface area (Å²) in [6, 6.07) is 2.10.